The largest absolute Gasteiger partial charge is 0.444 e. The summed E-state index contributed by atoms with van der Waals surface area (Å²) in [6.45, 7) is 11.3. The molecular formula is C19H25BrN4O2. The van der Waals surface area contributed by atoms with Crippen LogP contribution in [0.3, 0.4) is 0 Å². The van der Waals surface area contributed by atoms with Crippen LogP contribution in [0, 0.1) is 0 Å². The van der Waals surface area contributed by atoms with Gasteiger partial charge in [0.2, 0.25) is 0 Å². The lowest BCUT2D eigenvalue weighted by atomic mass is 10.1. The molecule has 1 aliphatic rings. The molecule has 140 valence electrons. The number of nitrogens with zero attached hydrogens (tertiary/aromatic N) is 4. The Morgan fingerprint density at radius 1 is 1.19 bits per heavy atom. The SMILES string of the molecule is CC1CN(c2ccc(Br)c3nnccc23)C[C@H](C)N1C(=O)OC(C)(C)C. The minimum atomic E-state index is -0.492. The first kappa shape index (κ1) is 18.9. The van der Waals surface area contributed by atoms with Gasteiger partial charge in [-0.15, -0.1) is 5.10 Å². The Morgan fingerprint density at radius 2 is 1.85 bits per heavy atom. The van der Waals surface area contributed by atoms with Crippen molar-refractivity contribution in [3.8, 4) is 0 Å². The quantitative estimate of drug-likeness (QED) is 0.690. The number of carbonyl (C=O) groups is 1. The zero-order valence-corrected chi connectivity index (χ0v) is 17.4. The molecule has 1 fully saturated rings. The Bertz CT molecular complexity index is 809. The first-order valence-corrected chi connectivity index (χ1v) is 9.63. The summed E-state index contributed by atoms with van der Waals surface area (Å²) < 4.78 is 6.52. The second-order valence-electron chi connectivity index (χ2n) is 7.85. The van der Waals surface area contributed by atoms with E-state index in [4.69, 9.17) is 4.74 Å². The number of anilines is 1. The van der Waals surface area contributed by atoms with Crippen molar-refractivity contribution >= 4 is 38.6 Å². The normalized spacial score (nSPS) is 21.2. The average molecular weight is 421 g/mol. The van der Waals surface area contributed by atoms with Gasteiger partial charge in [0.05, 0.1) is 18.3 Å². The topological polar surface area (TPSA) is 58.6 Å². The third-order valence-corrected chi connectivity index (χ3v) is 5.11. The van der Waals surface area contributed by atoms with Gasteiger partial charge in [-0.05, 0) is 68.7 Å². The summed E-state index contributed by atoms with van der Waals surface area (Å²) >= 11 is 3.54. The molecule has 6 nitrogen and oxygen atoms in total. The molecule has 7 heteroatoms. The molecule has 0 aliphatic carbocycles. The van der Waals surface area contributed by atoms with E-state index in [0.29, 0.717) is 0 Å². The first-order valence-electron chi connectivity index (χ1n) is 8.83. The minimum absolute atomic E-state index is 0.0436. The van der Waals surface area contributed by atoms with Crippen molar-refractivity contribution in [1.29, 1.82) is 0 Å². The monoisotopic (exact) mass is 420 g/mol. The van der Waals surface area contributed by atoms with Crippen molar-refractivity contribution in [3.63, 3.8) is 0 Å². The Labute approximate surface area is 162 Å². The van der Waals surface area contributed by atoms with E-state index in [2.05, 4.69) is 50.9 Å². The van der Waals surface area contributed by atoms with Crippen LogP contribution in [0.25, 0.3) is 10.9 Å². The molecule has 0 N–H and O–H groups in total. The number of rotatable bonds is 1. The number of ether oxygens (including phenoxy) is 1. The summed E-state index contributed by atoms with van der Waals surface area (Å²) in [4.78, 5) is 16.8. The fourth-order valence-corrected chi connectivity index (χ4v) is 3.93. The van der Waals surface area contributed by atoms with Crippen molar-refractivity contribution < 1.29 is 9.53 Å². The summed E-state index contributed by atoms with van der Waals surface area (Å²) in [6.07, 6.45) is 1.46. The summed E-state index contributed by atoms with van der Waals surface area (Å²) in [5, 5.41) is 9.30. The van der Waals surface area contributed by atoms with Gasteiger partial charge in [-0.25, -0.2) is 4.79 Å². The van der Waals surface area contributed by atoms with Gasteiger partial charge in [-0.3, -0.25) is 4.90 Å². The highest BCUT2D eigenvalue weighted by molar-refractivity contribution is 9.10. The van der Waals surface area contributed by atoms with E-state index >= 15 is 0 Å². The Balaban J connectivity index is 1.86. The third kappa shape index (κ3) is 3.77. The molecule has 1 aliphatic heterocycles. The minimum Gasteiger partial charge on any atom is -0.444 e. The maximum atomic E-state index is 12.6. The molecule has 1 aromatic carbocycles. The van der Waals surface area contributed by atoms with E-state index in [1.807, 2.05) is 37.8 Å². The molecule has 1 unspecified atom stereocenters. The number of aromatic nitrogens is 2. The van der Waals surface area contributed by atoms with Crippen LogP contribution in [0.5, 0.6) is 0 Å². The van der Waals surface area contributed by atoms with Crippen LogP contribution >= 0.6 is 15.9 Å². The lowest BCUT2D eigenvalue weighted by Crippen LogP contribution is -2.59. The van der Waals surface area contributed by atoms with Gasteiger partial charge in [0.15, 0.2) is 0 Å². The summed E-state index contributed by atoms with van der Waals surface area (Å²) in [5.74, 6) is 0. The number of carbonyl (C=O) groups excluding carboxylic acids is 1. The molecule has 2 heterocycles. The van der Waals surface area contributed by atoms with Gasteiger partial charge in [0.1, 0.15) is 11.1 Å². The van der Waals surface area contributed by atoms with Gasteiger partial charge in [0.25, 0.3) is 0 Å². The molecule has 0 spiro atoms. The predicted molar refractivity (Wildman–Crippen MR) is 106 cm³/mol. The fraction of sp³-hybridized carbons (Fsp3) is 0.526. The molecule has 1 saturated heterocycles. The predicted octanol–water partition coefficient (Wildman–Crippen LogP) is 4.23. The highest BCUT2D eigenvalue weighted by Gasteiger charge is 2.36. The average Bonchev–Trinajstić information content (AvgIpc) is 2.53. The van der Waals surface area contributed by atoms with Gasteiger partial charge >= 0.3 is 6.09 Å². The van der Waals surface area contributed by atoms with E-state index in [1.54, 1.807) is 6.20 Å². The van der Waals surface area contributed by atoms with Crippen molar-refractivity contribution in [1.82, 2.24) is 15.1 Å². The number of hydrogen-bond acceptors (Lipinski definition) is 5. The van der Waals surface area contributed by atoms with Gasteiger partial charge in [0, 0.05) is 28.6 Å². The number of fused-ring (bicyclic) bond motifs is 1. The van der Waals surface area contributed by atoms with Gasteiger partial charge < -0.3 is 9.64 Å². The van der Waals surface area contributed by atoms with Crippen molar-refractivity contribution in [2.75, 3.05) is 18.0 Å². The molecular weight excluding hydrogens is 396 g/mol. The van der Waals surface area contributed by atoms with Gasteiger partial charge in [-0.1, -0.05) is 0 Å². The highest BCUT2D eigenvalue weighted by Crippen LogP contribution is 2.33. The molecule has 0 saturated carbocycles. The maximum Gasteiger partial charge on any atom is 0.410 e. The number of benzene rings is 1. The molecule has 1 amide bonds. The van der Waals surface area contributed by atoms with Gasteiger partial charge in [-0.2, -0.15) is 5.10 Å². The van der Waals surface area contributed by atoms with Crippen LogP contribution in [0.1, 0.15) is 34.6 Å². The van der Waals surface area contributed by atoms with E-state index in [1.165, 1.54) is 0 Å². The van der Waals surface area contributed by atoms with Crippen molar-refractivity contribution in [2.45, 2.75) is 52.3 Å². The molecule has 26 heavy (non-hydrogen) atoms. The van der Waals surface area contributed by atoms with Crippen molar-refractivity contribution in [2.24, 2.45) is 0 Å². The van der Waals surface area contributed by atoms with Crippen molar-refractivity contribution in [3.05, 3.63) is 28.9 Å². The zero-order valence-electron chi connectivity index (χ0n) is 15.9. The van der Waals surface area contributed by atoms with E-state index in [-0.39, 0.29) is 18.2 Å². The van der Waals surface area contributed by atoms with Crippen LogP contribution < -0.4 is 4.90 Å². The molecule has 2 atom stereocenters. The van der Waals surface area contributed by atoms with E-state index < -0.39 is 5.60 Å². The fourth-order valence-electron chi connectivity index (χ4n) is 3.51. The Kier molecular flexibility index (Phi) is 5.10. The standard InChI is InChI=1S/C19H25BrN4O2/c1-12-10-23(11-13(2)24(12)18(25)26-19(3,4)5)16-7-6-15(20)17-14(16)8-9-21-22-17/h6-9,12-13H,10-11H2,1-5H3/t12-,13?/m0/s1. The molecule has 0 bridgehead atoms. The second-order valence-corrected chi connectivity index (χ2v) is 8.70. The smallest absolute Gasteiger partial charge is 0.410 e. The third-order valence-electron chi connectivity index (χ3n) is 4.47. The lowest BCUT2D eigenvalue weighted by molar-refractivity contribution is 0.00568. The van der Waals surface area contributed by atoms with Crippen LogP contribution in [-0.4, -0.2) is 52.0 Å². The summed E-state index contributed by atoms with van der Waals surface area (Å²) in [5.41, 5.74) is 1.47. The number of halogens is 1. The lowest BCUT2D eigenvalue weighted by Gasteiger charge is -2.45. The van der Waals surface area contributed by atoms with Crippen LogP contribution in [-0.2, 0) is 4.74 Å². The van der Waals surface area contributed by atoms with Crippen LogP contribution in [0.2, 0.25) is 0 Å². The summed E-state index contributed by atoms with van der Waals surface area (Å²) in [7, 11) is 0. The highest BCUT2D eigenvalue weighted by atomic mass is 79.9. The molecule has 1 aromatic heterocycles. The molecule has 2 aromatic rings. The van der Waals surface area contributed by atoms with E-state index in [0.717, 1.165) is 34.2 Å². The zero-order chi connectivity index (χ0) is 19.1. The maximum absolute atomic E-state index is 12.6. The number of piperazine rings is 1. The van der Waals surface area contributed by atoms with Crippen LogP contribution in [0.15, 0.2) is 28.9 Å². The summed E-state index contributed by atoms with van der Waals surface area (Å²) in [6, 6.07) is 6.17. The molecule has 0 radical (unpaired) electrons. The van der Waals surface area contributed by atoms with E-state index in [9.17, 15) is 4.79 Å². The first-order chi connectivity index (χ1) is 12.2. The Hall–Kier alpha value is -1.89. The number of hydrogen-bond donors (Lipinski definition) is 0. The second kappa shape index (κ2) is 7.02. The Morgan fingerprint density at radius 3 is 2.46 bits per heavy atom. The van der Waals surface area contributed by atoms with Crippen LogP contribution in [0.4, 0.5) is 10.5 Å². The number of amides is 1. The molecule has 3 rings (SSSR count).